The highest BCUT2D eigenvalue weighted by atomic mass is 32.2. The molecule has 2 fully saturated rings. The number of benzene rings is 1. The summed E-state index contributed by atoms with van der Waals surface area (Å²) in [4.78, 5) is 30.8. The van der Waals surface area contributed by atoms with E-state index in [-0.39, 0.29) is 17.2 Å². The highest BCUT2D eigenvalue weighted by Crippen LogP contribution is 2.39. The van der Waals surface area contributed by atoms with Crippen molar-refractivity contribution in [2.24, 2.45) is 0 Å². The van der Waals surface area contributed by atoms with E-state index < -0.39 is 5.82 Å². The Bertz CT molecular complexity index is 838. The maximum absolute atomic E-state index is 13.4. The molecule has 1 aromatic carbocycles. The van der Waals surface area contributed by atoms with Crippen molar-refractivity contribution in [3.8, 4) is 0 Å². The Balaban J connectivity index is 1.29. The molecule has 0 unspecified atom stereocenters. The van der Waals surface area contributed by atoms with Crippen LogP contribution in [0.15, 0.2) is 41.1 Å². The summed E-state index contributed by atoms with van der Waals surface area (Å²) in [5.41, 5.74) is 1.60. The van der Waals surface area contributed by atoms with Crippen LogP contribution in [-0.4, -0.2) is 71.5 Å². The number of thioether (sulfide) groups is 1. The van der Waals surface area contributed by atoms with E-state index in [9.17, 15) is 14.0 Å². The number of thiophene rings is 1. The number of carbonyl (C=O) groups excluding carboxylic acids is 2. The molecule has 2 aromatic rings. The minimum atomic E-state index is -0.391. The van der Waals surface area contributed by atoms with Crippen LogP contribution in [0.3, 0.4) is 0 Å². The monoisotopic (exact) mass is 419 g/mol. The lowest BCUT2D eigenvalue weighted by molar-refractivity contribution is -0.128. The van der Waals surface area contributed by atoms with Crippen LogP contribution in [0.25, 0.3) is 0 Å². The minimum absolute atomic E-state index is 0.120. The predicted molar refractivity (Wildman–Crippen MR) is 110 cm³/mol. The summed E-state index contributed by atoms with van der Waals surface area (Å²) in [6.45, 7) is 4.26. The summed E-state index contributed by atoms with van der Waals surface area (Å²) in [6, 6.07) is 7.93. The molecule has 0 spiro atoms. The van der Waals surface area contributed by atoms with Gasteiger partial charge in [0.2, 0.25) is 5.91 Å². The number of amides is 2. The molecule has 0 radical (unpaired) electrons. The standard InChI is InChI=1S/C20H22FN3O2S2/c21-17-3-1-2-15(12-17)19(26)23-8-5-22(6-9-23)7-10-24-18(25)14-28-20(24)16-4-11-27-13-16/h1-4,11-13,20H,5-10,14H2/t20-/m1/s1. The molecule has 0 aliphatic carbocycles. The first kappa shape index (κ1) is 19.4. The van der Waals surface area contributed by atoms with Gasteiger partial charge in [-0.05, 0) is 40.6 Å². The van der Waals surface area contributed by atoms with E-state index in [4.69, 9.17) is 0 Å². The van der Waals surface area contributed by atoms with Gasteiger partial charge in [0.15, 0.2) is 0 Å². The Hall–Kier alpha value is -1.90. The van der Waals surface area contributed by atoms with Crippen LogP contribution in [0.2, 0.25) is 0 Å². The third-order valence-electron chi connectivity index (χ3n) is 5.18. The number of carbonyl (C=O) groups is 2. The van der Waals surface area contributed by atoms with Crippen molar-refractivity contribution in [1.29, 1.82) is 0 Å². The smallest absolute Gasteiger partial charge is 0.254 e. The van der Waals surface area contributed by atoms with E-state index in [1.807, 2.05) is 10.3 Å². The van der Waals surface area contributed by atoms with Crippen molar-refractivity contribution >= 4 is 34.9 Å². The number of halogens is 1. The summed E-state index contributed by atoms with van der Waals surface area (Å²) >= 11 is 3.34. The highest BCUT2D eigenvalue weighted by Gasteiger charge is 2.33. The lowest BCUT2D eigenvalue weighted by Gasteiger charge is -2.36. The van der Waals surface area contributed by atoms with Crippen LogP contribution in [0.4, 0.5) is 4.39 Å². The van der Waals surface area contributed by atoms with Crippen molar-refractivity contribution < 1.29 is 14.0 Å². The molecule has 3 heterocycles. The van der Waals surface area contributed by atoms with Gasteiger partial charge in [-0.1, -0.05) is 6.07 Å². The Kier molecular flexibility index (Phi) is 5.99. The fourth-order valence-electron chi connectivity index (χ4n) is 3.62. The molecule has 2 amide bonds. The second-order valence-electron chi connectivity index (χ2n) is 6.95. The molecule has 1 aromatic heterocycles. The maximum atomic E-state index is 13.4. The van der Waals surface area contributed by atoms with Gasteiger partial charge in [0.1, 0.15) is 11.2 Å². The maximum Gasteiger partial charge on any atom is 0.254 e. The fourth-order valence-corrected chi connectivity index (χ4v) is 5.59. The van der Waals surface area contributed by atoms with E-state index in [1.54, 1.807) is 40.1 Å². The van der Waals surface area contributed by atoms with Gasteiger partial charge in [-0.2, -0.15) is 11.3 Å². The number of hydrogen-bond donors (Lipinski definition) is 0. The molecule has 0 bridgehead atoms. The van der Waals surface area contributed by atoms with Crippen LogP contribution in [0.5, 0.6) is 0 Å². The second kappa shape index (κ2) is 8.63. The van der Waals surface area contributed by atoms with Crippen LogP contribution < -0.4 is 0 Å². The zero-order chi connectivity index (χ0) is 19.5. The van der Waals surface area contributed by atoms with Crippen molar-refractivity contribution in [1.82, 2.24) is 14.7 Å². The van der Waals surface area contributed by atoms with Crippen molar-refractivity contribution in [3.05, 3.63) is 58.0 Å². The third kappa shape index (κ3) is 4.24. The Morgan fingerprint density at radius 2 is 1.96 bits per heavy atom. The molecular formula is C20H22FN3O2S2. The SMILES string of the molecule is O=C(c1cccc(F)c1)N1CCN(CCN2C(=O)CS[C@@H]2c2ccsc2)CC1. The molecule has 4 rings (SSSR count). The molecule has 0 saturated carbocycles. The highest BCUT2D eigenvalue weighted by molar-refractivity contribution is 8.00. The first-order valence-electron chi connectivity index (χ1n) is 9.32. The Labute approximate surface area is 172 Å². The normalized spacial score (nSPS) is 20.8. The number of nitrogens with zero attached hydrogens (tertiary/aromatic N) is 3. The van der Waals surface area contributed by atoms with Gasteiger partial charge >= 0.3 is 0 Å². The second-order valence-corrected chi connectivity index (χ2v) is 8.80. The zero-order valence-corrected chi connectivity index (χ0v) is 17.1. The molecule has 5 nitrogen and oxygen atoms in total. The summed E-state index contributed by atoms with van der Waals surface area (Å²) in [6.07, 6.45) is 0. The molecular weight excluding hydrogens is 397 g/mol. The quantitative estimate of drug-likeness (QED) is 0.748. The van der Waals surface area contributed by atoms with Crippen molar-refractivity contribution in [2.75, 3.05) is 45.0 Å². The lowest BCUT2D eigenvalue weighted by atomic mass is 10.1. The van der Waals surface area contributed by atoms with Gasteiger partial charge in [0.25, 0.3) is 5.91 Å². The van der Waals surface area contributed by atoms with Gasteiger partial charge < -0.3 is 9.80 Å². The molecule has 2 aliphatic heterocycles. The average molecular weight is 420 g/mol. The molecule has 8 heteroatoms. The third-order valence-corrected chi connectivity index (χ3v) is 7.14. The summed E-state index contributed by atoms with van der Waals surface area (Å²) in [7, 11) is 0. The van der Waals surface area contributed by atoms with Crippen molar-refractivity contribution in [2.45, 2.75) is 5.37 Å². The van der Waals surface area contributed by atoms with Crippen molar-refractivity contribution in [3.63, 3.8) is 0 Å². The first-order valence-corrected chi connectivity index (χ1v) is 11.3. The van der Waals surface area contributed by atoms with Gasteiger partial charge in [0.05, 0.1) is 5.75 Å². The summed E-state index contributed by atoms with van der Waals surface area (Å²) in [5.74, 6) is 0.220. The largest absolute Gasteiger partial charge is 0.336 e. The van der Waals surface area contributed by atoms with Gasteiger partial charge in [-0.25, -0.2) is 4.39 Å². The molecule has 1 atom stereocenters. The van der Waals surface area contributed by atoms with E-state index in [0.29, 0.717) is 31.0 Å². The van der Waals surface area contributed by atoms with E-state index in [1.165, 1.54) is 17.7 Å². The number of rotatable bonds is 5. The molecule has 0 N–H and O–H groups in total. The number of piperazine rings is 1. The summed E-state index contributed by atoms with van der Waals surface area (Å²) < 4.78 is 13.4. The van der Waals surface area contributed by atoms with Gasteiger partial charge in [-0.15, -0.1) is 11.8 Å². The summed E-state index contributed by atoms with van der Waals surface area (Å²) in [5, 5.41) is 4.28. The molecule has 148 valence electrons. The molecule has 2 saturated heterocycles. The topological polar surface area (TPSA) is 43.9 Å². The molecule has 28 heavy (non-hydrogen) atoms. The van der Waals surface area contributed by atoms with E-state index in [2.05, 4.69) is 16.3 Å². The zero-order valence-electron chi connectivity index (χ0n) is 15.4. The Morgan fingerprint density at radius 1 is 1.14 bits per heavy atom. The minimum Gasteiger partial charge on any atom is -0.336 e. The Morgan fingerprint density at radius 3 is 2.68 bits per heavy atom. The van der Waals surface area contributed by atoms with Crippen LogP contribution in [0, 0.1) is 5.82 Å². The average Bonchev–Trinajstić information content (AvgIpc) is 3.36. The number of hydrogen-bond acceptors (Lipinski definition) is 5. The predicted octanol–water partition coefficient (Wildman–Crippen LogP) is 2.92. The lowest BCUT2D eigenvalue weighted by Crippen LogP contribution is -2.50. The van der Waals surface area contributed by atoms with E-state index >= 15 is 0 Å². The molecule has 2 aliphatic rings. The van der Waals surface area contributed by atoms with Gasteiger partial charge in [0, 0.05) is 44.8 Å². The van der Waals surface area contributed by atoms with Gasteiger partial charge in [-0.3, -0.25) is 14.5 Å². The van der Waals surface area contributed by atoms with E-state index in [0.717, 1.165) is 19.6 Å². The fraction of sp³-hybridized carbons (Fsp3) is 0.400. The van der Waals surface area contributed by atoms with Crippen LogP contribution >= 0.6 is 23.1 Å². The van der Waals surface area contributed by atoms with Crippen LogP contribution in [-0.2, 0) is 4.79 Å². The first-order chi connectivity index (χ1) is 13.6. The van der Waals surface area contributed by atoms with Crippen LogP contribution in [0.1, 0.15) is 21.3 Å².